The number of nitrogens with one attached hydrogen (secondary N) is 1. The standard InChI is InChI=1S/C14H16N2OS2/c1-3-16(4-2)11-7-5-10(6-8-11)9-12-13(17)15-14(18)19-12/h5-9H,3-4H2,1-2H3,(H,15,17,18)/b12-9+. The van der Waals surface area contributed by atoms with E-state index in [1.54, 1.807) is 0 Å². The van der Waals surface area contributed by atoms with Crippen LogP contribution < -0.4 is 10.2 Å². The van der Waals surface area contributed by atoms with Crippen molar-refractivity contribution < 1.29 is 4.79 Å². The summed E-state index contributed by atoms with van der Waals surface area (Å²) in [6.45, 7) is 6.26. The number of thiocarbonyl (C=S) groups is 1. The summed E-state index contributed by atoms with van der Waals surface area (Å²) in [5, 5.41) is 2.61. The molecule has 1 saturated heterocycles. The van der Waals surface area contributed by atoms with Crippen molar-refractivity contribution in [3.8, 4) is 0 Å². The lowest BCUT2D eigenvalue weighted by Crippen LogP contribution is -2.21. The first kappa shape index (κ1) is 14.1. The van der Waals surface area contributed by atoms with Crippen molar-refractivity contribution in [2.24, 2.45) is 0 Å². The van der Waals surface area contributed by atoms with Gasteiger partial charge in [0.05, 0.1) is 4.91 Å². The number of hydrogen-bond acceptors (Lipinski definition) is 4. The smallest absolute Gasteiger partial charge is 0.263 e. The molecule has 1 aromatic rings. The Hall–Kier alpha value is -1.33. The summed E-state index contributed by atoms with van der Waals surface area (Å²) >= 11 is 6.27. The zero-order chi connectivity index (χ0) is 13.8. The van der Waals surface area contributed by atoms with E-state index < -0.39 is 0 Å². The summed E-state index contributed by atoms with van der Waals surface area (Å²) in [6.07, 6.45) is 1.87. The Morgan fingerprint density at radius 1 is 1.26 bits per heavy atom. The molecule has 2 rings (SSSR count). The third-order valence-corrected chi connectivity index (χ3v) is 4.12. The highest BCUT2D eigenvalue weighted by Gasteiger charge is 2.21. The van der Waals surface area contributed by atoms with E-state index in [2.05, 4.69) is 36.2 Å². The molecule has 1 amide bonds. The van der Waals surface area contributed by atoms with E-state index in [9.17, 15) is 4.79 Å². The quantitative estimate of drug-likeness (QED) is 0.683. The van der Waals surface area contributed by atoms with Gasteiger partial charge in [-0.1, -0.05) is 36.1 Å². The molecule has 3 nitrogen and oxygen atoms in total. The van der Waals surface area contributed by atoms with Crippen LogP contribution in [0.25, 0.3) is 6.08 Å². The van der Waals surface area contributed by atoms with Crippen LogP contribution in [-0.2, 0) is 4.79 Å². The first-order valence-corrected chi connectivity index (χ1v) is 7.46. The Morgan fingerprint density at radius 3 is 2.37 bits per heavy atom. The van der Waals surface area contributed by atoms with Crippen LogP contribution in [0.3, 0.4) is 0 Å². The molecule has 0 saturated carbocycles. The maximum atomic E-state index is 11.6. The molecule has 0 unspecified atom stereocenters. The summed E-state index contributed by atoms with van der Waals surface area (Å²) in [7, 11) is 0. The van der Waals surface area contributed by atoms with Crippen molar-refractivity contribution in [1.82, 2.24) is 5.32 Å². The number of carbonyl (C=O) groups is 1. The van der Waals surface area contributed by atoms with Gasteiger partial charge < -0.3 is 10.2 Å². The van der Waals surface area contributed by atoms with Gasteiger partial charge in [0.2, 0.25) is 0 Å². The predicted octanol–water partition coefficient (Wildman–Crippen LogP) is 3.02. The van der Waals surface area contributed by atoms with Crippen LogP contribution in [0.5, 0.6) is 0 Å². The molecule has 1 aliphatic heterocycles. The lowest BCUT2D eigenvalue weighted by Gasteiger charge is -2.20. The molecule has 0 radical (unpaired) electrons. The summed E-state index contributed by atoms with van der Waals surface area (Å²) < 4.78 is 0.524. The lowest BCUT2D eigenvalue weighted by atomic mass is 10.2. The van der Waals surface area contributed by atoms with E-state index in [1.807, 2.05) is 18.2 Å². The van der Waals surface area contributed by atoms with Crippen LogP contribution in [-0.4, -0.2) is 23.3 Å². The average Bonchev–Trinajstić information content (AvgIpc) is 2.71. The van der Waals surface area contributed by atoms with E-state index in [-0.39, 0.29) is 5.91 Å². The van der Waals surface area contributed by atoms with Crippen molar-refractivity contribution in [1.29, 1.82) is 0 Å². The van der Waals surface area contributed by atoms with Gasteiger partial charge in [0, 0.05) is 18.8 Å². The molecule has 1 heterocycles. The van der Waals surface area contributed by atoms with Crippen LogP contribution >= 0.6 is 24.0 Å². The van der Waals surface area contributed by atoms with Gasteiger partial charge in [-0.15, -0.1) is 0 Å². The lowest BCUT2D eigenvalue weighted by molar-refractivity contribution is -0.115. The van der Waals surface area contributed by atoms with Crippen molar-refractivity contribution in [3.05, 3.63) is 34.7 Å². The summed E-state index contributed by atoms with van der Waals surface area (Å²) in [5.41, 5.74) is 2.21. The van der Waals surface area contributed by atoms with E-state index in [0.29, 0.717) is 9.23 Å². The Balaban J connectivity index is 2.17. The fraction of sp³-hybridized carbons (Fsp3) is 0.286. The molecule has 1 aromatic carbocycles. The molecule has 1 N–H and O–H groups in total. The highest BCUT2D eigenvalue weighted by Crippen LogP contribution is 2.26. The number of hydrogen-bond donors (Lipinski definition) is 1. The van der Waals surface area contributed by atoms with Gasteiger partial charge in [0.15, 0.2) is 0 Å². The van der Waals surface area contributed by atoms with E-state index in [1.165, 1.54) is 17.4 Å². The molecular formula is C14H16N2OS2. The zero-order valence-corrected chi connectivity index (χ0v) is 12.6. The molecular weight excluding hydrogens is 276 g/mol. The number of carbonyl (C=O) groups excluding carboxylic acids is 1. The molecule has 0 aromatic heterocycles. The second-order valence-corrected chi connectivity index (χ2v) is 5.83. The Labute approximate surface area is 123 Å². The van der Waals surface area contributed by atoms with Gasteiger partial charge in [-0.05, 0) is 37.6 Å². The van der Waals surface area contributed by atoms with E-state index in [4.69, 9.17) is 12.2 Å². The van der Waals surface area contributed by atoms with Crippen molar-refractivity contribution >= 4 is 46.0 Å². The molecule has 0 spiro atoms. The van der Waals surface area contributed by atoms with Crippen LogP contribution in [0.1, 0.15) is 19.4 Å². The minimum Gasteiger partial charge on any atom is -0.372 e. The normalized spacial score (nSPS) is 16.8. The number of amides is 1. The number of thioether (sulfide) groups is 1. The molecule has 0 bridgehead atoms. The van der Waals surface area contributed by atoms with Crippen LogP contribution in [0.15, 0.2) is 29.2 Å². The monoisotopic (exact) mass is 292 g/mol. The average molecular weight is 292 g/mol. The van der Waals surface area contributed by atoms with Crippen molar-refractivity contribution in [2.45, 2.75) is 13.8 Å². The van der Waals surface area contributed by atoms with Crippen LogP contribution in [0.4, 0.5) is 5.69 Å². The maximum Gasteiger partial charge on any atom is 0.263 e. The number of rotatable bonds is 4. The molecule has 1 aliphatic rings. The Morgan fingerprint density at radius 2 is 1.89 bits per heavy atom. The molecule has 1 fully saturated rings. The van der Waals surface area contributed by atoms with Crippen molar-refractivity contribution in [2.75, 3.05) is 18.0 Å². The number of anilines is 1. The highest BCUT2D eigenvalue weighted by molar-refractivity contribution is 8.26. The largest absolute Gasteiger partial charge is 0.372 e. The fourth-order valence-corrected chi connectivity index (χ4v) is 2.99. The van der Waals surface area contributed by atoms with Gasteiger partial charge in [0.25, 0.3) is 5.91 Å². The number of nitrogens with zero attached hydrogens (tertiary/aromatic N) is 1. The SMILES string of the molecule is CCN(CC)c1ccc(/C=C2/SC(=S)NC2=O)cc1. The van der Waals surface area contributed by atoms with Crippen LogP contribution in [0.2, 0.25) is 0 Å². The molecule has 19 heavy (non-hydrogen) atoms. The summed E-state index contributed by atoms with van der Waals surface area (Å²) in [5.74, 6) is -0.109. The van der Waals surface area contributed by atoms with Gasteiger partial charge in [-0.25, -0.2) is 0 Å². The molecule has 0 atom stereocenters. The van der Waals surface area contributed by atoms with Gasteiger partial charge >= 0.3 is 0 Å². The van der Waals surface area contributed by atoms with Crippen LogP contribution in [0, 0.1) is 0 Å². The first-order valence-electron chi connectivity index (χ1n) is 6.24. The molecule has 100 valence electrons. The second kappa shape index (κ2) is 6.21. The third-order valence-electron chi connectivity index (χ3n) is 2.96. The van der Waals surface area contributed by atoms with Gasteiger partial charge in [-0.2, -0.15) is 0 Å². The Bertz CT molecular complexity index is 519. The van der Waals surface area contributed by atoms with Gasteiger partial charge in [-0.3, -0.25) is 4.79 Å². The third kappa shape index (κ3) is 3.36. The van der Waals surface area contributed by atoms with E-state index >= 15 is 0 Å². The Kier molecular flexibility index (Phi) is 4.61. The zero-order valence-electron chi connectivity index (χ0n) is 11.0. The van der Waals surface area contributed by atoms with Crippen molar-refractivity contribution in [3.63, 3.8) is 0 Å². The minimum absolute atomic E-state index is 0.109. The summed E-state index contributed by atoms with van der Waals surface area (Å²) in [6, 6.07) is 8.20. The first-order chi connectivity index (χ1) is 9.13. The number of benzene rings is 1. The maximum absolute atomic E-state index is 11.6. The van der Waals surface area contributed by atoms with Gasteiger partial charge in [0.1, 0.15) is 4.32 Å². The topological polar surface area (TPSA) is 32.3 Å². The summed E-state index contributed by atoms with van der Waals surface area (Å²) in [4.78, 5) is 14.5. The molecule has 0 aliphatic carbocycles. The fourth-order valence-electron chi connectivity index (χ4n) is 1.94. The second-order valence-electron chi connectivity index (χ2n) is 4.12. The minimum atomic E-state index is -0.109. The molecule has 5 heteroatoms. The van der Waals surface area contributed by atoms with E-state index in [0.717, 1.165) is 18.7 Å². The predicted molar refractivity (Wildman–Crippen MR) is 86.3 cm³/mol. The highest BCUT2D eigenvalue weighted by atomic mass is 32.2.